The number of carbonyl (C=O) groups excluding carboxylic acids is 3. The van der Waals surface area contributed by atoms with Crippen LogP contribution in [0.25, 0.3) is 0 Å². The molecule has 4 atom stereocenters. The van der Waals surface area contributed by atoms with Gasteiger partial charge in [0.15, 0.2) is 5.54 Å². The Kier molecular flexibility index (Phi) is 9.93. The zero-order chi connectivity index (χ0) is 27.3. The number of amides is 1. The van der Waals surface area contributed by atoms with Crippen LogP contribution in [-0.2, 0) is 34.8 Å². The first-order valence-electron chi connectivity index (χ1n) is 12.4. The normalized spacial score (nSPS) is 19.8. The minimum Gasteiger partial charge on any atom is -0.467 e. The number of rotatable bonds is 12. The van der Waals surface area contributed by atoms with Crippen molar-refractivity contribution in [3.63, 3.8) is 0 Å². The second-order valence-corrected chi connectivity index (χ2v) is 12.5. The third-order valence-electron chi connectivity index (χ3n) is 7.31. The number of Topliss-reactive ketones (excluding diaryl/α,β-unsaturated/α-hetero) is 1. The number of ketones is 1. The monoisotopic (exact) mass is 522 g/mol. The third-order valence-corrected chi connectivity index (χ3v) is 9.77. The van der Waals surface area contributed by atoms with E-state index in [1.165, 1.54) is 14.2 Å². The Morgan fingerprint density at radius 1 is 1.06 bits per heavy atom. The minimum absolute atomic E-state index is 0.123. The van der Waals surface area contributed by atoms with Crippen LogP contribution < -0.4 is 16.8 Å². The molecule has 0 bridgehead atoms. The molecule has 5 N–H and O–H groups in total. The van der Waals surface area contributed by atoms with Crippen LogP contribution in [0.3, 0.4) is 0 Å². The molecule has 0 spiro atoms. The highest BCUT2D eigenvalue weighted by Gasteiger charge is 2.70. The molecule has 1 aromatic carbocycles. The molecule has 10 heteroatoms. The number of methoxy groups -OCH3 is 2. The molecule has 1 fully saturated rings. The smallest absolute Gasteiger partial charge is 0.404 e. The van der Waals surface area contributed by atoms with Crippen LogP contribution in [0.5, 0.6) is 0 Å². The van der Waals surface area contributed by atoms with E-state index in [-0.39, 0.29) is 25.2 Å². The van der Waals surface area contributed by atoms with Crippen LogP contribution >= 0.6 is 7.80 Å². The fourth-order valence-corrected chi connectivity index (χ4v) is 7.17. The second kappa shape index (κ2) is 11.9. The molecule has 200 valence electrons. The molecule has 1 aliphatic carbocycles. The predicted octanol–water partition coefficient (Wildman–Crippen LogP) is 2.86. The van der Waals surface area contributed by atoms with Gasteiger partial charge in [-0.25, -0.2) is 4.79 Å². The molecule has 0 saturated heterocycles. The van der Waals surface area contributed by atoms with Gasteiger partial charge in [0.2, 0.25) is 16.8 Å². The molecule has 0 radical (unpaired) electrons. The number of ether oxygens (including phenoxy) is 2. The Morgan fingerprint density at radius 3 is 2.06 bits per heavy atom. The van der Waals surface area contributed by atoms with E-state index >= 15 is 0 Å². The van der Waals surface area contributed by atoms with Gasteiger partial charge in [-0.2, -0.15) is 0 Å². The van der Waals surface area contributed by atoms with Crippen molar-refractivity contribution >= 4 is 25.5 Å². The van der Waals surface area contributed by atoms with E-state index in [1.807, 2.05) is 30.3 Å². The van der Waals surface area contributed by atoms with Crippen molar-refractivity contribution < 1.29 is 28.4 Å². The second-order valence-electron chi connectivity index (χ2n) is 10.3. The summed E-state index contributed by atoms with van der Waals surface area (Å²) in [6.45, 7) is 6.81. The largest absolute Gasteiger partial charge is 0.467 e. The van der Waals surface area contributed by atoms with E-state index in [1.54, 1.807) is 27.7 Å². The van der Waals surface area contributed by atoms with Crippen molar-refractivity contribution in [2.24, 2.45) is 23.3 Å². The number of benzene rings is 1. The van der Waals surface area contributed by atoms with Gasteiger partial charge >= 0.3 is 19.2 Å². The van der Waals surface area contributed by atoms with E-state index in [4.69, 9.17) is 20.9 Å². The number of hydrogen-bond acceptors (Lipinski definition) is 8. The van der Waals surface area contributed by atoms with E-state index in [9.17, 15) is 18.9 Å². The third kappa shape index (κ3) is 5.70. The fraction of sp³-hybridized carbons (Fsp3) is 0.654. The van der Waals surface area contributed by atoms with Crippen molar-refractivity contribution in [2.75, 3.05) is 14.2 Å². The summed E-state index contributed by atoms with van der Waals surface area (Å²) >= 11 is 0. The van der Waals surface area contributed by atoms with Crippen molar-refractivity contribution in [2.45, 2.75) is 82.0 Å². The summed E-state index contributed by atoms with van der Waals surface area (Å²) in [5.74, 6) is -3.03. The average Bonchev–Trinajstić information content (AvgIpc) is 3.36. The summed E-state index contributed by atoms with van der Waals surface area (Å²) in [7, 11) is 0.0662. The molecule has 1 amide bonds. The van der Waals surface area contributed by atoms with Crippen LogP contribution in [0, 0.1) is 11.8 Å². The van der Waals surface area contributed by atoms with E-state index in [0.717, 1.165) is 5.56 Å². The van der Waals surface area contributed by atoms with E-state index < -0.39 is 53.6 Å². The first kappa shape index (κ1) is 30.0. The Balaban J connectivity index is 2.51. The van der Waals surface area contributed by atoms with Gasteiger partial charge in [-0.3, -0.25) is 15.3 Å². The van der Waals surface area contributed by atoms with Crippen molar-refractivity contribution in [3.05, 3.63) is 35.9 Å². The molecule has 0 aromatic heterocycles. The van der Waals surface area contributed by atoms with Gasteiger partial charge in [0, 0.05) is 20.0 Å². The zero-order valence-electron chi connectivity index (χ0n) is 22.2. The summed E-state index contributed by atoms with van der Waals surface area (Å²) in [5.41, 5.74) is 10.3. The lowest BCUT2D eigenvalue weighted by molar-refractivity contribution is -0.149. The van der Waals surface area contributed by atoms with Crippen LogP contribution in [0.1, 0.15) is 58.9 Å². The topological polar surface area (TPSA) is 151 Å². The number of carbonyl (C=O) groups is 3. The van der Waals surface area contributed by atoms with Crippen molar-refractivity contribution in [3.8, 4) is 0 Å². The molecule has 0 heterocycles. The van der Waals surface area contributed by atoms with Gasteiger partial charge in [0.05, 0.1) is 13.5 Å². The van der Waals surface area contributed by atoms with Gasteiger partial charge in [-0.1, -0.05) is 62.6 Å². The van der Waals surface area contributed by atoms with Gasteiger partial charge < -0.3 is 20.5 Å². The summed E-state index contributed by atoms with van der Waals surface area (Å²) < 4.78 is 24.7. The SMILES string of the molecule is COC(=O)[C@@H](NC(=O)[C@](N)(C(=O)C1([P+](=O)C(N)(Cc2ccccc2)OC)CCCC1)C(C)C)C(C)C. The number of nitrogens with one attached hydrogen (secondary N) is 1. The highest BCUT2D eigenvalue weighted by molar-refractivity contribution is 7.49. The van der Waals surface area contributed by atoms with Gasteiger partial charge in [-0.15, -0.1) is 0 Å². The fourth-order valence-electron chi connectivity index (χ4n) is 4.86. The average molecular weight is 523 g/mol. The lowest BCUT2D eigenvalue weighted by Gasteiger charge is -2.37. The maximum atomic E-state index is 14.3. The van der Waals surface area contributed by atoms with E-state index in [2.05, 4.69) is 5.32 Å². The van der Waals surface area contributed by atoms with Gasteiger partial charge in [0.25, 0.3) is 0 Å². The quantitative estimate of drug-likeness (QED) is 0.164. The Hall–Kier alpha value is -2.19. The Morgan fingerprint density at radius 2 is 1.61 bits per heavy atom. The molecule has 1 saturated carbocycles. The summed E-state index contributed by atoms with van der Waals surface area (Å²) in [4.78, 5) is 40.2. The predicted molar refractivity (Wildman–Crippen MR) is 138 cm³/mol. The number of nitrogens with two attached hydrogens (primary N) is 2. The van der Waals surface area contributed by atoms with Gasteiger partial charge in [-0.05, 0) is 30.2 Å². The van der Waals surface area contributed by atoms with Crippen LogP contribution in [0.15, 0.2) is 30.3 Å². The Labute approximate surface area is 214 Å². The number of esters is 1. The molecule has 1 aromatic rings. The van der Waals surface area contributed by atoms with Crippen LogP contribution in [0.2, 0.25) is 0 Å². The maximum absolute atomic E-state index is 14.3. The van der Waals surface area contributed by atoms with Gasteiger partial charge in [0.1, 0.15) is 6.04 Å². The van der Waals surface area contributed by atoms with Crippen LogP contribution in [-0.4, -0.2) is 54.1 Å². The molecule has 1 aliphatic rings. The summed E-state index contributed by atoms with van der Waals surface area (Å²) in [6, 6.07) is 8.25. The molecule has 9 nitrogen and oxygen atoms in total. The molecular formula is C26H41N3O6P+. The summed E-state index contributed by atoms with van der Waals surface area (Å²) in [5, 5.41) is 1.18. The minimum atomic E-state index is -2.53. The van der Waals surface area contributed by atoms with Crippen molar-refractivity contribution in [1.82, 2.24) is 5.32 Å². The standard InChI is InChI=1S/C26H40N3O6P/c1-17(2)20(21(30)34-5)29-23(32)26(28,18(3)4)22(31)24(14-10-11-15-24)36(33)25(27,35-6)16-19-12-8-7-9-13-19/h7-9,12-13,17-18,20H,10-11,14-16,27-28H2,1-6H3/p+1/t20-,25?,26+/m0/s1. The zero-order valence-corrected chi connectivity index (χ0v) is 23.1. The molecule has 2 unspecified atom stereocenters. The maximum Gasteiger partial charge on any atom is 0.404 e. The molecule has 0 aliphatic heterocycles. The van der Waals surface area contributed by atoms with E-state index in [0.29, 0.717) is 12.8 Å². The number of hydrogen-bond donors (Lipinski definition) is 3. The Bertz CT molecular complexity index is 964. The molecular weight excluding hydrogens is 481 g/mol. The van der Waals surface area contributed by atoms with Crippen LogP contribution in [0.4, 0.5) is 0 Å². The highest BCUT2D eigenvalue weighted by atomic mass is 31.1. The molecule has 36 heavy (non-hydrogen) atoms. The molecule has 2 rings (SSSR count). The first-order chi connectivity index (χ1) is 16.8. The highest BCUT2D eigenvalue weighted by Crippen LogP contribution is 2.58. The lowest BCUT2D eigenvalue weighted by atomic mass is 9.76. The first-order valence-corrected chi connectivity index (χ1v) is 13.6. The van der Waals surface area contributed by atoms with Crippen molar-refractivity contribution in [1.29, 1.82) is 0 Å². The summed E-state index contributed by atoms with van der Waals surface area (Å²) in [6.07, 6.45) is 1.97. The lowest BCUT2D eigenvalue weighted by Crippen LogP contribution is -2.69.